The van der Waals surface area contributed by atoms with Crippen molar-refractivity contribution < 1.29 is 14.0 Å². The quantitative estimate of drug-likeness (QED) is 0.898. The number of nitrogens with one attached hydrogen (secondary N) is 1. The number of hydrogen-bond acceptors (Lipinski definition) is 3. The number of likely N-dealkylation sites (N-methyl/N-ethyl adjacent to an activating group) is 1. The first kappa shape index (κ1) is 17.7. The maximum absolute atomic E-state index is 13.2. The van der Waals surface area contributed by atoms with Crippen LogP contribution in [-0.2, 0) is 16.6 Å². The molecule has 1 aromatic carbocycles. The first-order chi connectivity index (χ1) is 12.8. The summed E-state index contributed by atoms with van der Waals surface area (Å²) in [6.45, 7) is 5.13. The lowest BCUT2D eigenvalue weighted by Crippen LogP contribution is -2.62. The standard InChI is InChI=1S/C20H23FN4O2/c1-20(2)14-7-5-4-6-12(14)8-15(20)18(26)24(3)13-10-25(11-13)19(27)16-9-17(21)23-22-16/h4-7,9,13,15H,8,10-11H2,1-3H3,(H,22,23). The maximum atomic E-state index is 13.2. The first-order valence-electron chi connectivity index (χ1n) is 9.14. The van der Waals surface area contributed by atoms with Crippen LogP contribution in [0, 0.1) is 11.9 Å². The Hall–Kier alpha value is -2.70. The van der Waals surface area contributed by atoms with Gasteiger partial charge < -0.3 is 9.80 Å². The number of nitrogens with zero attached hydrogens (tertiary/aromatic N) is 3. The summed E-state index contributed by atoms with van der Waals surface area (Å²) >= 11 is 0. The second-order valence-electron chi connectivity index (χ2n) is 8.05. The van der Waals surface area contributed by atoms with Crippen LogP contribution in [0.5, 0.6) is 0 Å². The number of rotatable bonds is 3. The predicted octanol–water partition coefficient (Wildman–Crippen LogP) is 1.98. The molecular formula is C20H23FN4O2. The van der Waals surface area contributed by atoms with Gasteiger partial charge in [0.25, 0.3) is 5.91 Å². The fourth-order valence-electron chi connectivity index (χ4n) is 4.25. The zero-order chi connectivity index (χ0) is 19.3. The van der Waals surface area contributed by atoms with E-state index in [1.165, 1.54) is 11.1 Å². The van der Waals surface area contributed by atoms with Crippen molar-refractivity contribution in [2.45, 2.75) is 31.7 Å². The molecule has 0 spiro atoms. The second kappa shape index (κ2) is 6.18. The Balaban J connectivity index is 1.41. The minimum absolute atomic E-state index is 0.0234. The molecule has 4 rings (SSSR count). The molecule has 142 valence electrons. The van der Waals surface area contributed by atoms with Crippen LogP contribution in [0.2, 0.25) is 0 Å². The van der Waals surface area contributed by atoms with Crippen LogP contribution in [0.15, 0.2) is 30.3 Å². The highest BCUT2D eigenvalue weighted by Gasteiger charge is 2.46. The van der Waals surface area contributed by atoms with Gasteiger partial charge in [-0.05, 0) is 17.5 Å². The number of carbonyl (C=O) groups is 2. The normalized spacial score (nSPS) is 20.9. The van der Waals surface area contributed by atoms with Crippen LogP contribution in [-0.4, -0.2) is 58.0 Å². The monoisotopic (exact) mass is 370 g/mol. The number of hydrogen-bond donors (Lipinski definition) is 1. The zero-order valence-electron chi connectivity index (χ0n) is 15.7. The summed E-state index contributed by atoms with van der Waals surface area (Å²) in [5, 5.41) is 5.79. The molecule has 1 unspecified atom stereocenters. The average Bonchev–Trinajstić information content (AvgIpc) is 3.14. The number of likely N-dealkylation sites (tertiary alicyclic amines) is 1. The molecule has 1 aromatic heterocycles. The van der Waals surface area contributed by atoms with E-state index in [4.69, 9.17) is 0 Å². The minimum Gasteiger partial charge on any atom is -0.339 e. The highest BCUT2D eigenvalue weighted by molar-refractivity contribution is 5.93. The third-order valence-electron chi connectivity index (χ3n) is 6.12. The van der Waals surface area contributed by atoms with Gasteiger partial charge in [-0.2, -0.15) is 9.49 Å². The third-order valence-corrected chi connectivity index (χ3v) is 6.12. The van der Waals surface area contributed by atoms with Crippen LogP contribution in [0.25, 0.3) is 0 Å². The van der Waals surface area contributed by atoms with Gasteiger partial charge in [0.1, 0.15) is 0 Å². The van der Waals surface area contributed by atoms with Crippen molar-refractivity contribution in [3.05, 3.63) is 53.1 Å². The molecule has 2 heterocycles. The van der Waals surface area contributed by atoms with E-state index < -0.39 is 5.95 Å². The van der Waals surface area contributed by atoms with Crippen molar-refractivity contribution in [2.75, 3.05) is 20.1 Å². The van der Waals surface area contributed by atoms with Gasteiger partial charge >= 0.3 is 0 Å². The molecule has 7 heteroatoms. The van der Waals surface area contributed by atoms with Crippen molar-refractivity contribution in [1.82, 2.24) is 20.0 Å². The van der Waals surface area contributed by atoms with Crippen LogP contribution < -0.4 is 0 Å². The number of fused-ring (bicyclic) bond motifs is 1. The molecule has 2 aromatic rings. The highest BCUT2D eigenvalue weighted by atomic mass is 19.1. The average molecular weight is 370 g/mol. The largest absolute Gasteiger partial charge is 0.339 e. The molecule has 1 aliphatic carbocycles. The van der Waals surface area contributed by atoms with E-state index in [0.29, 0.717) is 13.1 Å². The van der Waals surface area contributed by atoms with Gasteiger partial charge in [0.2, 0.25) is 11.9 Å². The Morgan fingerprint density at radius 2 is 2.00 bits per heavy atom. The van der Waals surface area contributed by atoms with Crippen LogP contribution >= 0.6 is 0 Å². The fraction of sp³-hybridized carbons (Fsp3) is 0.450. The van der Waals surface area contributed by atoms with Gasteiger partial charge in [-0.25, -0.2) is 0 Å². The Bertz CT molecular complexity index is 901. The van der Waals surface area contributed by atoms with Crippen LogP contribution in [0.4, 0.5) is 4.39 Å². The zero-order valence-corrected chi connectivity index (χ0v) is 15.7. The number of aromatic amines is 1. The summed E-state index contributed by atoms with van der Waals surface area (Å²) in [5.41, 5.74) is 2.32. The topological polar surface area (TPSA) is 69.3 Å². The van der Waals surface area contributed by atoms with Gasteiger partial charge in [0.05, 0.1) is 12.0 Å². The van der Waals surface area contributed by atoms with Crippen LogP contribution in [0.1, 0.15) is 35.5 Å². The van der Waals surface area contributed by atoms with Crippen molar-refractivity contribution in [3.8, 4) is 0 Å². The number of benzene rings is 1. The maximum Gasteiger partial charge on any atom is 0.274 e. The number of carbonyl (C=O) groups excluding carboxylic acids is 2. The molecule has 1 fully saturated rings. The summed E-state index contributed by atoms with van der Waals surface area (Å²) in [4.78, 5) is 28.8. The third kappa shape index (κ3) is 2.81. The number of H-pyrrole nitrogens is 1. The van der Waals surface area contributed by atoms with Gasteiger partial charge in [-0.15, -0.1) is 0 Å². The molecule has 2 aliphatic rings. The number of halogens is 1. The first-order valence-corrected chi connectivity index (χ1v) is 9.14. The molecule has 1 atom stereocenters. The van der Waals surface area contributed by atoms with Crippen molar-refractivity contribution in [1.29, 1.82) is 0 Å². The van der Waals surface area contributed by atoms with E-state index in [9.17, 15) is 14.0 Å². The molecule has 1 aliphatic heterocycles. The smallest absolute Gasteiger partial charge is 0.274 e. The molecule has 0 radical (unpaired) electrons. The van der Waals surface area contributed by atoms with Crippen LogP contribution in [0.3, 0.4) is 0 Å². The molecule has 0 bridgehead atoms. The highest BCUT2D eigenvalue weighted by Crippen LogP contribution is 2.43. The Morgan fingerprint density at radius 3 is 2.63 bits per heavy atom. The number of aromatic nitrogens is 2. The summed E-state index contributed by atoms with van der Waals surface area (Å²) in [5.74, 6) is -0.948. The van der Waals surface area contributed by atoms with Gasteiger partial charge in [-0.1, -0.05) is 38.1 Å². The van der Waals surface area contributed by atoms with Gasteiger partial charge in [0, 0.05) is 31.6 Å². The Labute approximate surface area is 157 Å². The fourth-order valence-corrected chi connectivity index (χ4v) is 4.25. The molecule has 1 N–H and O–H groups in total. The SMILES string of the molecule is CN(C(=O)C1Cc2ccccc2C1(C)C)C1CN(C(=O)c2cc(F)[nH]n2)C1. The van der Waals surface area contributed by atoms with E-state index in [-0.39, 0.29) is 34.9 Å². The second-order valence-corrected chi connectivity index (χ2v) is 8.05. The van der Waals surface area contributed by atoms with E-state index in [0.717, 1.165) is 12.5 Å². The summed E-state index contributed by atoms with van der Waals surface area (Å²) in [7, 11) is 1.81. The lowest BCUT2D eigenvalue weighted by atomic mass is 9.77. The Kier molecular flexibility index (Phi) is 4.05. The molecule has 6 nitrogen and oxygen atoms in total. The molecule has 0 saturated carbocycles. The van der Waals surface area contributed by atoms with E-state index in [2.05, 4.69) is 36.2 Å². The van der Waals surface area contributed by atoms with Gasteiger partial charge in [-0.3, -0.25) is 14.7 Å². The lowest BCUT2D eigenvalue weighted by Gasteiger charge is -2.45. The predicted molar refractivity (Wildman–Crippen MR) is 97.7 cm³/mol. The summed E-state index contributed by atoms with van der Waals surface area (Å²) in [6, 6.07) is 9.29. The Morgan fingerprint density at radius 1 is 1.30 bits per heavy atom. The molecule has 27 heavy (non-hydrogen) atoms. The summed E-state index contributed by atoms with van der Waals surface area (Å²) in [6.07, 6.45) is 0.744. The van der Waals surface area contributed by atoms with Crippen molar-refractivity contribution in [3.63, 3.8) is 0 Å². The van der Waals surface area contributed by atoms with E-state index >= 15 is 0 Å². The molecule has 2 amide bonds. The van der Waals surface area contributed by atoms with E-state index in [1.807, 2.05) is 19.2 Å². The van der Waals surface area contributed by atoms with Gasteiger partial charge in [0.15, 0.2) is 5.69 Å². The minimum atomic E-state index is -0.634. The lowest BCUT2D eigenvalue weighted by molar-refractivity contribution is -0.140. The van der Waals surface area contributed by atoms with Crippen molar-refractivity contribution in [2.24, 2.45) is 5.92 Å². The summed E-state index contributed by atoms with van der Waals surface area (Å²) < 4.78 is 13.0. The molecular weight excluding hydrogens is 347 g/mol. The molecule has 1 saturated heterocycles. The van der Waals surface area contributed by atoms with Crippen molar-refractivity contribution >= 4 is 11.8 Å². The number of amides is 2. The van der Waals surface area contributed by atoms with E-state index in [1.54, 1.807) is 9.80 Å².